The molecule has 0 aromatic heterocycles. The molecule has 0 fully saturated rings. The molecule has 0 aromatic rings. The van der Waals surface area contributed by atoms with Crippen molar-refractivity contribution in [1.82, 2.24) is 5.32 Å². The van der Waals surface area contributed by atoms with Gasteiger partial charge in [-0.15, -0.1) is 0 Å². The van der Waals surface area contributed by atoms with E-state index in [0.717, 1.165) is 5.92 Å². The van der Waals surface area contributed by atoms with Gasteiger partial charge in [-0.2, -0.15) is 0 Å². The molecule has 0 aliphatic carbocycles. The minimum Gasteiger partial charge on any atom is -0.396 e. The predicted molar refractivity (Wildman–Crippen MR) is 90.2 cm³/mol. The molecule has 126 valence electrons. The van der Waals surface area contributed by atoms with Crippen LogP contribution in [0.15, 0.2) is 12.2 Å². The fourth-order valence-corrected chi connectivity index (χ4v) is 0.910. The Balaban J connectivity index is -0.000000389. The third kappa shape index (κ3) is 24.3. The summed E-state index contributed by atoms with van der Waals surface area (Å²) >= 11 is 0. The van der Waals surface area contributed by atoms with Gasteiger partial charge in [0.2, 0.25) is 5.91 Å². The molecule has 0 aromatic carbocycles. The lowest BCUT2D eigenvalue weighted by Crippen LogP contribution is -2.43. The standard InChI is InChI=1S/C10H17NO3.C5H12.C2H6/c1-8(13)4-5-9(14)11-10(2,3)6-7-12;1-4-5(2)3;1-2/h4-5,12H,6-7H2,1-3H3,(H,11,14);5H,4H2,1-3H3;1-2H3/b5-4-;;. The molecule has 0 rings (SSSR count). The largest absolute Gasteiger partial charge is 0.396 e. The number of amides is 1. The van der Waals surface area contributed by atoms with Crippen LogP contribution in [-0.2, 0) is 9.59 Å². The third-order valence-corrected chi connectivity index (χ3v) is 2.48. The molecule has 1 amide bonds. The first kappa shape index (κ1) is 24.8. The van der Waals surface area contributed by atoms with Crippen molar-refractivity contribution < 1.29 is 14.7 Å². The van der Waals surface area contributed by atoms with Crippen LogP contribution < -0.4 is 5.32 Å². The Morgan fingerprint density at radius 2 is 1.62 bits per heavy atom. The van der Waals surface area contributed by atoms with Crippen molar-refractivity contribution in [2.24, 2.45) is 5.92 Å². The number of rotatable bonds is 6. The van der Waals surface area contributed by atoms with Gasteiger partial charge in [0.1, 0.15) is 0 Å². The van der Waals surface area contributed by atoms with Crippen molar-refractivity contribution in [3.05, 3.63) is 12.2 Å². The maximum Gasteiger partial charge on any atom is 0.244 e. The van der Waals surface area contributed by atoms with Crippen LogP contribution in [0.1, 0.15) is 68.2 Å². The summed E-state index contributed by atoms with van der Waals surface area (Å²) in [5.74, 6) is 0.397. The fraction of sp³-hybridized carbons (Fsp3) is 0.765. The number of aliphatic hydroxyl groups excluding tert-OH is 1. The number of hydrogen-bond acceptors (Lipinski definition) is 3. The molecule has 2 N–H and O–H groups in total. The highest BCUT2D eigenvalue weighted by molar-refractivity contribution is 5.96. The van der Waals surface area contributed by atoms with E-state index in [1.165, 1.54) is 25.5 Å². The lowest BCUT2D eigenvalue weighted by molar-refractivity contribution is -0.118. The molecule has 0 atom stereocenters. The van der Waals surface area contributed by atoms with E-state index in [2.05, 4.69) is 26.1 Å². The first-order chi connectivity index (χ1) is 9.64. The van der Waals surface area contributed by atoms with Gasteiger partial charge in [0.25, 0.3) is 0 Å². The fourth-order valence-electron chi connectivity index (χ4n) is 0.910. The second-order valence-electron chi connectivity index (χ2n) is 5.59. The Hall–Kier alpha value is -1.16. The van der Waals surface area contributed by atoms with Gasteiger partial charge in [-0.3, -0.25) is 9.59 Å². The lowest BCUT2D eigenvalue weighted by Gasteiger charge is -2.24. The summed E-state index contributed by atoms with van der Waals surface area (Å²) in [4.78, 5) is 21.7. The number of aliphatic hydroxyl groups is 1. The Labute approximate surface area is 131 Å². The highest BCUT2D eigenvalue weighted by Crippen LogP contribution is 2.06. The number of ketones is 1. The Kier molecular flexibility index (Phi) is 18.0. The lowest BCUT2D eigenvalue weighted by atomic mass is 10.0. The maximum atomic E-state index is 11.2. The van der Waals surface area contributed by atoms with Gasteiger partial charge in [0, 0.05) is 18.2 Å². The van der Waals surface area contributed by atoms with Gasteiger partial charge < -0.3 is 10.4 Å². The van der Waals surface area contributed by atoms with Gasteiger partial charge in [-0.25, -0.2) is 0 Å². The predicted octanol–water partition coefficient (Wildman–Crippen LogP) is 3.49. The summed E-state index contributed by atoms with van der Waals surface area (Å²) in [7, 11) is 0. The van der Waals surface area contributed by atoms with Gasteiger partial charge in [0.05, 0.1) is 0 Å². The second kappa shape index (κ2) is 15.2. The Morgan fingerprint density at radius 1 is 1.19 bits per heavy atom. The topological polar surface area (TPSA) is 66.4 Å². The Morgan fingerprint density at radius 3 is 1.90 bits per heavy atom. The third-order valence-electron chi connectivity index (χ3n) is 2.48. The number of nitrogens with one attached hydrogen (secondary N) is 1. The number of carbonyl (C=O) groups excluding carboxylic acids is 2. The molecule has 0 aliphatic rings. The molecule has 0 saturated carbocycles. The van der Waals surface area contributed by atoms with E-state index in [0.29, 0.717) is 6.42 Å². The highest BCUT2D eigenvalue weighted by atomic mass is 16.3. The van der Waals surface area contributed by atoms with E-state index in [1.54, 1.807) is 0 Å². The first-order valence-electron chi connectivity index (χ1n) is 7.76. The van der Waals surface area contributed by atoms with Crippen molar-refractivity contribution in [3.63, 3.8) is 0 Å². The average molecular weight is 301 g/mol. The van der Waals surface area contributed by atoms with E-state index in [9.17, 15) is 9.59 Å². The zero-order valence-corrected chi connectivity index (χ0v) is 15.1. The number of carbonyl (C=O) groups is 2. The highest BCUT2D eigenvalue weighted by Gasteiger charge is 2.17. The van der Waals surface area contributed by atoms with Crippen LogP contribution in [0.4, 0.5) is 0 Å². The monoisotopic (exact) mass is 301 g/mol. The molecule has 0 heterocycles. The van der Waals surface area contributed by atoms with Crippen LogP contribution in [0.5, 0.6) is 0 Å². The van der Waals surface area contributed by atoms with Crippen LogP contribution in [0.25, 0.3) is 0 Å². The van der Waals surface area contributed by atoms with Crippen molar-refractivity contribution in [3.8, 4) is 0 Å². The molecule has 21 heavy (non-hydrogen) atoms. The summed E-state index contributed by atoms with van der Waals surface area (Å²) < 4.78 is 0. The summed E-state index contributed by atoms with van der Waals surface area (Å²) in [5.41, 5.74) is -0.451. The molecular weight excluding hydrogens is 266 g/mol. The van der Waals surface area contributed by atoms with Crippen LogP contribution in [0.2, 0.25) is 0 Å². The summed E-state index contributed by atoms with van der Waals surface area (Å²) in [6.07, 6.45) is 4.19. The molecule has 4 heteroatoms. The maximum absolute atomic E-state index is 11.2. The molecule has 4 nitrogen and oxygen atoms in total. The average Bonchev–Trinajstić information content (AvgIpc) is 2.38. The van der Waals surface area contributed by atoms with Crippen molar-refractivity contribution in [2.75, 3.05) is 6.61 Å². The van der Waals surface area contributed by atoms with Crippen LogP contribution >= 0.6 is 0 Å². The van der Waals surface area contributed by atoms with Crippen molar-refractivity contribution in [2.45, 2.75) is 73.8 Å². The molecule has 0 unspecified atom stereocenters. The molecule has 0 radical (unpaired) electrons. The van der Waals surface area contributed by atoms with Crippen molar-refractivity contribution >= 4 is 11.7 Å². The first-order valence-corrected chi connectivity index (χ1v) is 7.76. The molecule has 0 aliphatic heterocycles. The minimum absolute atomic E-state index is 0.0176. The quantitative estimate of drug-likeness (QED) is 0.738. The van der Waals surface area contributed by atoms with Gasteiger partial charge in [0.15, 0.2) is 5.78 Å². The number of allylic oxidation sites excluding steroid dienone is 1. The second-order valence-corrected chi connectivity index (χ2v) is 5.59. The van der Waals surface area contributed by atoms with E-state index in [-0.39, 0.29) is 18.3 Å². The molecule has 0 bridgehead atoms. The van der Waals surface area contributed by atoms with E-state index in [4.69, 9.17) is 5.11 Å². The molecule has 0 spiro atoms. The zero-order valence-electron chi connectivity index (χ0n) is 15.1. The van der Waals surface area contributed by atoms with E-state index < -0.39 is 5.54 Å². The van der Waals surface area contributed by atoms with E-state index in [1.807, 2.05) is 27.7 Å². The zero-order chi connectivity index (χ0) is 17.5. The van der Waals surface area contributed by atoms with E-state index >= 15 is 0 Å². The van der Waals surface area contributed by atoms with Gasteiger partial charge in [-0.05, 0) is 39.2 Å². The summed E-state index contributed by atoms with van der Waals surface area (Å²) in [6, 6.07) is 0. The van der Waals surface area contributed by atoms with Gasteiger partial charge >= 0.3 is 0 Å². The summed E-state index contributed by atoms with van der Waals surface area (Å²) in [5, 5.41) is 11.4. The molecule has 0 saturated heterocycles. The SMILES string of the molecule is CC.CC(=O)/C=C\C(=O)NC(C)(C)CCO.CCC(C)C. The smallest absolute Gasteiger partial charge is 0.244 e. The van der Waals surface area contributed by atoms with Crippen LogP contribution in [-0.4, -0.2) is 28.9 Å². The molecular formula is C17H35NO3. The number of hydrogen-bond donors (Lipinski definition) is 2. The van der Waals surface area contributed by atoms with Crippen molar-refractivity contribution in [1.29, 1.82) is 0 Å². The Bertz CT molecular complexity index is 294. The minimum atomic E-state index is -0.451. The van der Waals surface area contributed by atoms with Crippen LogP contribution in [0.3, 0.4) is 0 Å². The van der Waals surface area contributed by atoms with Crippen LogP contribution in [0, 0.1) is 5.92 Å². The normalized spacial score (nSPS) is 10.4. The summed E-state index contributed by atoms with van der Waals surface area (Å²) in [6.45, 7) is 15.7. The van der Waals surface area contributed by atoms with Gasteiger partial charge in [-0.1, -0.05) is 41.0 Å².